The fraction of sp³-hybridized carbons (Fsp3) is 0.308. The summed E-state index contributed by atoms with van der Waals surface area (Å²) in [4.78, 5) is 12.1. The quantitative estimate of drug-likeness (QED) is 0.773. The largest absolute Gasteiger partial charge is 0.325 e. The van der Waals surface area contributed by atoms with Gasteiger partial charge in [-0.2, -0.15) is 0 Å². The molecule has 1 N–H and O–H groups in total. The number of carbonyl (C=O) groups excluding carboxylic acids is 1. The number of benzene rings is 1. The lowest BCUT2D eigenvalue weighted by molar-refractivity contribution is -0.115. The van der Waals surface area contributed by atoms with E-state index in [-0.39, 0.29) is 11.2 Å². The molecule has 1 heterocycles. The Bertz CT molecular complexity index is 603. The van der Waals surface area contributed by atoms with Crippen molar-refractivity contribution in [2.75, 3.05) is 11.1 Å². The molecule has 0 saturated carbocycles. The van der Waals surface area contributed by atoms with Crippen LogP contribution in [0.5, 0.6) is 0 Å². The van der Waals surface area contributed by atoms with E-state index in [1.807, 2.05) is 6.92 Å². The maximum absolute atomic E-state index is 12.1. The molecule has 0 aliphatic carbocycles. The fourth-order valence-corrected chi connectivity index (χ4v) is 4.60. The number of aromatic nitrogens is 2. The smallest absolute Gasteiger partial charge is 0.237 e. The van der Waals surface area contributed by atoms with E-state index in [2.05, 4.69) is 22.4 Å². The third-order valence-corrected chi connectivity index (χ3v) is 5.79. The minimum Gasteiger partial charge on any atom is -0.325 e. The average Bonchev–Trinajstić information content (AvgIpc) is 2.89. The standard InChI is InChI=1S/C13H14ClN3OS3/c1-3-19-12-16-17-13(21-12)20-8(2)11(18)15-10-6-4-9(14)5-7-10/h4-8H,3H2,1-2H3,(H,15,18). The van der Waals surface area contributed by atoms with Gasteiger partial charge in [0.1, 0.15) is 0 Å². The summed E-state index contributed by atoms with van der Waals surface area (Å²) in [5.41, 5.74) is 0.733. The summed E-state index contributed by atoms with van der Waals surface area (Å²) >= 11 is 10.4. The van der Waals surface area contributed by atoms with Crippen molar-refractivity contribution in [1.82, 2.24) is 10.2 Å². The van der Waals surface area contributed by atoms with Gasteiger partial charge in [-0.05, 0) is 36.9 Å². The van der Waals surface area contributed by atoms with Crippen molar-refractivity contribution in [2.45, 2.75) is 27.8 Å². The second-order valence-corrected chi connectivity index (χ2v) is 8.54. The van der Waals surface area contributed by atoms with Crippen molar-refractivity contribution in [2.24, 2.45) is 0 Å². The summed E-state index contributed by atoms with van der Waals surface area (Å²) in [5.74, 6) is 0.897. The second-order valence-electron chi connectivity index (χ2n) is 4.02. The normalized spacial score (nSPS) is 12.1. The maximum atomic E-state index is 12.1. The first-order chi connectivity index (χ1) is 10.1. The van der Waals surface area contributed by atoms with E-state index in [1.54, 1.807) is 36.0 Å². The van der Waals surface area contributed by atoms with Gasteiger partial charge in [0.15, 0.2) is 8.68 Å². The number of rotatable bonds is 6. The molecule has 2 aromatic rings. The molecule has 1 aromatic carbocycles. The molecule has 0 aliphatic heterocycles. The van der Waals surface area contributed by atoms with E-state index in [9.17, 15) is 4.79 Å². The highest BCUT2D eigenvalue weighted by Gasteiger charge is 2.17. The Labute approximate surface area is 141 Å². The molecular formula is C13H14ClN3OS3. The molecule has 21 heavy (non-hydrogen) atoms. The summed E-state index contributed by atoms with van der Waals surface area (Å²) in [6, 6.07) is 7.04. The number of amides is 1. The highest BCUT2D eigenvalue weighted by atomic mass is 35.5. The van der Waals surface area contributed by atoms with Crippen LogP contribution in [0.3, 0.4) is 0 Å². The zero-order valence-corrected chi connectivity index (χ0v) is 14.7. The van der Waals surface area contributed by atoms with Crippen LogP contribution in [-0.4, -0.2) is 27.1 Å². The van der Waals surface area contributed by atoms with Crippen LogP contribution in [-0.2, 0) is 4.79 Å². The van der Waals surface area contributed by atoms with E-state index < -0.39 is 0 Å². The van der Waals surface area contributed by atoms with Crippen LogP contribution < -0.4 is 5.32 Å². The van der Waals surface area contributed by atoms with E-state index in [1.165, 1.54) is 23.1 Å². The van der Waals surface area contributed by atoms with Gasteiger partial charge in [0.25, 0.3) is 0 Å². The van der Waals surface area contributed by atoms with Gasteiger partial charge in [-0.1, -0.05) is 53.4 Å². The van der Waals surface area contributed by atoms with Crippen molar-refractivity contribution in [3.63, 3.8) is 0 Å². The number of thioether (sulfide) groups is 2. The molecule has 0 saturated heterocycles. The Kier molecular flexibility index (Phi) is 6.35. The van der Waals surface area contributed by atoms with Crippen LogP contribution in [0.15, 0.2) is 32.9 Å². The fourth-order valence-electron chi connectivity index (χ4n) is 1.41. The van der Waals surface area contributed by atoms with E-state index in [4.69, 9.17) is 11.6 Å². The molecule has 1 atom stereocenters. The molecular weight excluding hydrogens is 346 g/mol. The van der Waals surface area contributed by atoms with Gasteiger partial charge >= 0.3 is 0 Å². The SMILES string of the molecule is CCSc1nnc(SC(C)C(=O)Nc2ccc(Cl)cc2)s1. The molecule has 0 fully saturated rings. The van der Waals surface area contributed by atoms with E-state index >= 15 is 0 Å². The second kappa shape index (κ2) is 8.03. The maximum Gasteiger partial charge on any atom is 0.237 e. The van der Waals surface area contributed by atoms with Crippen LogP contribution in [0.25, 0.3) is 0 Å². The number of carbonyl (C=O) groups is 1. The highest BCUT2D eigenvalue weighted by molar-refractivity contribution is 8.03. The number of nitrogens with one attached hydrogen (secondary N) is 1. The highest BCUT2D eigenvalue weighted by Crippen LogP contribution is 2.31. The van der Waals surface area contributed by atoms with Gasteiger partial charge < -0.3 is 5.32 Å². The number of hydrogen-bond acceptors (Lipinski definition) is 6. The van der Waals surface area contributed by atoms with Crippen LogP contribution in [0.1, 0.15) is 13.8 Å². The lowest BCUT2D eigenvalue weighted by Crippen LogP contribution is -2.22. The molecule has 2 rings (SSSR count). The zero-order valence-electron chi connectivity index (χ0n) is 11.5. The topological polar surface area (TPSA) is 54.9 Å². The Balaban J connectivity index is 1.90. The van der Waals surface area contributed by atoms with Crippen LogP contribution >= 0.6 is 46.5 Å². The van der Waals surface area contributed by atoms with Gasteiger partial charge in [0.05, 0.1) is 5.25 Å². The van der Waals surface area contributed by atoms with Crippen molar-refractivity contribution < 1.29 is 4.79 Å². The van der Waals surface area contributed by atoms with Gasteiger partial charge in [-0.15, -0.1) is 10.2 Å². The molecule has 1 unspecified atom stereocenters. The number of hydrogen-bond donors (Lipinski definition) is 1. The first-order valence-corrected chi connectivity index (χ1v) is 9.34. The summed E-state index contributed by atoms with van der Waals surface area (Å²) in [6.07, 6.45) is 0. The Hall–Kier alpha value is -0.760. The Morgan fingerprint density at radius 1 is 1.33 bits per heavy atom. The summed E-state index contributed by atoms with van der Waals surface area (Å²) in [5, 5.41) is 11.4. The van der Waals surface area contributed by atoms with Gasteiger partial charge in [0, 0.05) is 10.7 Å². The van der Waals surface area contributed by atoms with Gasteiger partial charge in [-0.25, -0.2) is 0 Å². The lowest BCUT2D eigenvalue weighted by Gasteiger charge is -2.10. The van der Waals surface area contributed by atoms with Gasteiger partial charge in [0.2, 0.25) is 5.91 Å². The van der Waals surface area contributed by atoms with Crippen molar-refractivity contribution in [1.29, 1.82) is 0 Å². The number of anilines is 1. The van der Waals surface area contributed by atoms with E-state index in [0.717, 1.165) is 20.1 Å². The molecule has 4 nitrogen and oxygen atoms in total. The van der Waals surface area contributed by atoms with Crippen LogP contribution in [0.2, 0.25) is 5.02 Å². The average molecular weight is 360 g/mol. The van der Waals surface area contributed by atoms with E-state index in [0.29, 0.717) is 5.02 Å². The molecule has 0 bridgehead atoms. The summed E-state index contributed by atoms with van der Waals surface area (Å²) in [6.45, 7) is 3.92. The Morgan fingerprint density at radius 2 is 2.00 bits per heavy atom. The Morgan fingerprint density at radius 3 is 2.67 bits per heavy atom. The molecule has 112 valence electrons. The molecule has 0 spiro atoms. The van der Waals surface area contributed by atoms with Crippen molar-refractivity contribution >= 4 is 58.1 Å². The number of nitrogens with zero attached hydrogens (tertiary/aromatic N) is 2. The molecule has 0 radical (unpaired) electrons. The van der Waals surface area contributed by atoms with Crippen molar-refractivity contribution in [3.8, 4) is 0 Å². The third kappa shape index (κ3) is 5.18. The number of halogens is 1. The van der Waals surface area contributed by atoms with Crippen LogP contribution in [0, 0.1) is 0 Å². The molecule has 8 heteroatoms. The first-order valence-electron chi connectivity index (χ1n) is 6.28. The summed E-state index contributed by atoms with van der Waals surface area (Å²) < 4.78 is 1.75. The first kappa shape index (κ1) is 16.6. The van der Waals surface area contributed by atoms with Crippen molar-refractivity contribution in [3.05, 3.63) is 29.3 Å². The third-order valence-electron chi connectivity index (χ3n) is 2.41. The minimum atomic E-state index is -0.242. The summed E-state index contributed by atoms with van der Waals surface area (Å²) in [7, 11) is 0. The lowest BCUT2D eigenvalue weighted by atomic mass is 10.3. The predicted octanol–water partition coefficient (Wildman–Crippen LogP) is 4.42. The molecule has 1 amide bonds. The molecule has 0 aliphatic rings. The molecule has 1 aromatic heterocycles. The monoisotopic (exact) mass is 359 g/mol. The van der Waals surface area contributed by atoms with Gasteiger partial charge in [-0.3, -0.25) is 4.79 Å². The predicted molar refractivity (Wildman–Crippen MR) is 91.7 cm³/mol. The van der Waals surface area contributed by atoms with Crippen LogP contribution in [0.4, 0.5) is 5.69 Å². The zero-order chi connectivity index (χ0) is 15.2. The minimum absolute atomic E-state index is 0.0674.